The first-order valence-electron chi connectivity index (χ1n) is 14.5. The van der Waals surface area contributed by atoms with Crippen LogP contribution in [0.5, 0.6) is 5.75 Å². The summed E-state index contributed by atoms with van der Waals surface area (Å²) in [4.78, 5) is 38.9. The van der Waals surface area contributed by atoms with E-state index in [4.69, 9.17) is 9.72 Å². The number of rotatable bonds is 11. The van der Waals surface area contributed by atoms with E-state index in [1.54, 1.807) is 30.0 Å². The molecule has 3 heterocycles. The van der Waals surface area contributed by atoms with Gasteiger partial charge in [0, 0.05) is 42.6 Å². The number of benzene rings is 1. The Kier molecular flexibility index (Phi) is 9.70. The standard InChI is InChI=1S/C31H43N9O3/c1-9-11-27(35-38(21-41)22(3)4)40-28-24(29(42)39(40)16-10-2)20-32-30(34-28)33-23-12-13-25(26(19-23)43-8)37-17-14-31(5,15-18-37)36(6)7/h9-13,19-22H,2,14-18H2,1,3-8H3,(H,32,33,34)/b11-9-,35-27+. The van der Waals surface area contributed by atoms with Crippen LogP contribution in [0.15, 0.2) is 59.1 Å². The molecule has 0 radical (unpaired) electrons. The second-order valence-electron chi connectivity index (χ2n) is 11.3. The molecular formula is C31H43N9O3. The van der Waals surface area contributed by atoms with E-state index < -0.39 is 0 Å². The highest BCUT2D eigenvalue weighted by atomic mass is 16.5. The second kappa shape index (κ2) is 13.2. The molecule has 0 spiro atoms. The number of fused-ring (bicyclic) bond motifs is 1. The Bertz CT molecular complexity index is 1580. The van der Waals surface area contributed by atoms with E-state index in [0.717, 1.165) is 43.1 Å². The summed E-state index contributed by atoms with van der Waals surface area (Å²) in [6.45, 7) is 13.7. The highest BCUT2D eigenvalue weighted by Crippen LogP contribution is 2.36. The van der Waals surface area contributed by atoms with E-state index in [-0.39, 0.29) is 23.7 Å². The van der Waals surface area contributed by atoms with E-state index in [1.807, 2.05) is 39.0 Å². The average molecular weight is 590 g/mol. The van der Waals surface area contributed by atoms with Crippen LogP contribution in [0.3, 0.4) is 0 Å². The summed E-state index contributed by atoms with van der Waals surface area (Å²) in [5.41, 5.74) is 2.02. The molecule has 1 amide bonds. The quantitative estimate of drug-likeness (QED) is 0.117. The van der Waals surface area contributed by atoms with Gasteiger partial charge >= 0.3 is 0 Å². The Hall–Kier alpha value is -4.45. The lowest BCUT2D eigenvalue weighted by molar-refractivity contribution is -0.119. The van der Waals surface area contributed by atoms with Crippen LogP contribution in [-0.4, -0.2) is 87.4 Å². The molecule has 230 valence electrons. The minimum absolute atomic E-state index is 0.185. The van der Waals surface area contributed by atoms with Crippen molar-refractivity contribution in [3.05, 3.63) is 59.6 Å². The molecule has 1 aliphatic heterocycles. The van der Waals surface area contributed by atoms with Gasteiger partial charge in [0.25, 0.3) is 5.56 Å². The van der Waals surface area contributed by atoms with Crippen molar-refractivity contribution in [2.75, 3.05) is 44.5 Å². The van der Waals surface area contributed by atoms with E-state index >= 15 is 0 Å². The fourth-order valence-corrected chi connectivity index (χ4v) is 5.11. The third-order valence-corrected chi connectivity index (χ3v) is 8.06. The normalized spacial score (nSPS) is 15.5. The summed E-state index contributed by atoms with van der Waals surface area (Å²) in [6, 6.07) is 5.76. The van der Waals surface area contributed by atoms with Gasteiger partial charge in [-0.15, -0.1) is 6.58 Å². The number of piperidine rings is 1. The first-order valence-corrected chi connectivity index (χ1v) is 14.5. The summed E-state index contributed by atoms with van der Waals surface area (Å²) in [5, 5.41) is 9.40. The Labute approximate surface area is 252 Å². The summed E-state index contributed by atoms with van der Waals surface area (Å²) >= 11 is 0. The molecule has 3 aromatic rings. The maximum Gasteiger partial charge on any atom is 0.278 e. The topological polar surface area (TPSA) is 113 Å². The first-order chi connectivity index (χ1) is 20.6. The lowest BCUT2D eigenvalue weighted by atomic mass is 9.88. The van der Waals surface area contributed by atoms with Gasteiger partial charge in [0.15, 0.2) is 11.5 Å². The molecule has 0 saturated carbocycles. The van der Waals surface area contributed by atoms with E-state index in [2.05, 4.69) is 52.8 Å². The summed E-state index contributed by atoms with van der Waals surface area (Å²) < 4.78 is 8.85. The van der Waals surface area contributed by atoms with Gasteiger partial charge in [-0.2, -0.15) is 10.1 Å². The third-order valence-electron chi connectivity index (χ3n) is 8.06. The number of carbonyl (C=O) groups is 1. The lowest BCUT2D eigenvalue weighted by Crippen LogP contribution is -2.50. The molecule has 43 heavy (non-hydrogen) atoms. The molecule has 2 aromatic heterocycles. The molecule has 1 fully saturated rings. The van der Waals surface area contributed by atoms with Crippen molar-refractivity contribution in [2.45, 2.75) is 58.7 Å². The fourth-order valence-electron chi connectivity index (χ4n) is 5.11. The van der Waals surface area contributed by atoms with E-state index in [1.165, 1.54) is 15.9 Å². The Morgan fingerprint density at radius 2 is 2.00 bits per heavy atom. The second-order valence-corrected chi connectivity index (χ2v) is 11.3. The average Bonchev–Trinajstić information content (AvgIpc) is 3.25. The van der Waals surface area contributed by atoms with E-state index in [0.29, 0.717) is 29.2 Å². The number of allylic oxidation sites excluding steroid dienone is 3. The molecule has 1 aliphatic rings. The maximum absolute atomic E-state index is 13.4. The van der Waals surface area contributed by atoms with Crippen LogP contribution >= 0.6 is 0 Å². The summed E-state index contributed by atoms with van der Waals surface area (Å²) in [5.74, 6) is 1.39. The molecular weight excluding hydrogens is 546 g/mol. The molecule has 12 nitrogen and oxygen atoms in total. The number of hydrazone groups is 1. The van der Waals surface area contributed by atoms with Gasteiger partial charge in [-0.1, -0.05) is 12.2 Å². The number of methoxy groups -OCH3 is 1. The van der Waals surface area contributed by atoms with Crippen molar-refractivity contribution in [2.24, 2.45) is 5.10 Å². The van der Waals surface area contributed by atoms with Crippen LogP contribution in [0, 0.1) is 0 Å². The van der Waals surface area contributed by atoms with Crippen LogP contribution in [-0.2, 0) is 11.3 Å². The minimum atomic E-state index is -0.293. The van der Waals surface area contributed by atoms with Crippen LogP contribution in [0.4, 0.5) is 17.3 Å². The van der Waals surface area contributed by atoms with Gasteiger partial charge in [0.05, 0.1) is 19.3 Å². The van der Waals surface area contributed by atoms with Crippen molar-refractivity contribution in [3.63, 3.8) is 0 Å². The monoisotopic (exact) mass is 589 g/mol. The molecule has 4 rings (SSSR count). The van der Waals surface area contributed by atoms with Crippen LogP contribution < -0.4 is 20.5 Å². The highest BCUT2D eigenvalue weighted by molar-refractivity contribution is 5.99. The minimum Gasteiger partial charge on any atom is -0.495 e. The maximum atomic E-state index is 13.4. The largest absolute Gasteiger partial charge is 0.495 e. The molecule has 0 bridgehead atoms. The van der Waals surface area contributed by atoms with E-state index in [9.17, 15) is 9.59 Å². The van der Waals surface area contributed by atoms with Crippen molar-refractivity contribution < 1.29 is 9.53 Å². The smallest absolute Gasteiger partial charge is 0.278 e. The molecule has 0 atom stereocenters. The number of carbonyl (C=O) groups excluding carboxylic acids is 1. The zero-order valence-corrected chi connectivity index (χ0v) is 26.2. The lowest BCUT2D eigenvalue weighted by Gasteiger charge is -2.44. The Balaban J connectivity index is 1.71. The van der Waals surface area contributed by atoms with Crippen molar-refractivity contribution >= 4 is 40.6 Å². The first kappa shape index (κ1) is 31.5. The van der Waals surface area contributed by atoms with Gasteiger partial charge in [0.1, 0.15) is 11.1 Å². The Morgan fingerprint density at radius 3 is 2.58 bits per heavy atom. The van der Waals surface area contributed by atoms with Gasteiger partial charge in [-0.05, 0) is 72.8 Å². The Morgan fingerprint density at radius 1 is 1.28 bits per heavy atom. The SMILES string of the molecule is C=CCn1c(=O)c2cnc(Nc3ccc(N4CCC(C)(N(C)C)CC4)c(OC)c3)nc2n1C(/C=C\C)=N/N(C=O)C(C)C. The van der Waals surface area contributed by atoms with Gasteiger partial charge in [-0.3, -0.25) is 9.59 Å². The highest BCUT2D eigenvalue weighted by Gasteiger charge is 2.32. The number of hydrogen-bond donors (Lipinski definition) is 1. The number of aromatic nitrogens is 4. The van der Waals surface area contributed by atoms with Crippen molar-refractivity contribution in [1.29, 1.82) is 0 Å². The fraction of sp³-hybridized carbons (Fsp3) is 0.452. The van der Waals surface area contributed by atoms with Gasteiger partial charge in [-0.25, -0.2) is 19.4 Å². The van der Waals surface area contributed by atoms with Crippen LogP contribution in [0.2, 0.25) is 0 Å². The zero-order chi connectivity index (χ0) is 31.3. The van der Waals surface area contributed by atoms with Gasteiger partial charge < -0.3 is 19.9 Å². The predicted octanol–water partition coefficient (Wildman–Crippen LogP) is 4.06. The van der Waals surface area contributed by atoms with Crippen LogP contribution in [0.25, 0.3) is 11.0 Å². The number of nitrogens with one attached hydrogen (secondary N) is 1. The number of ether oxygens (including phenoxy) is 1. The number of hydrogen-bond acceptors (Lipinski definition) is 9. The third kappa shape index (κ3) is 6.48. The number of anilines is 3. The van der Waals surface area contributed by atoms with Crippen molar-refractivity contribution in [1.82, 2.24) is 29.2 Å². The molecule has 1 aromatic carbocycles. The number of nitrogens with zero attached hydrogens (tertiary/aromatic N) is 8. The summed E-state index contributed by atoms with van der Waals surface area (Å²) in [6.07, 6.45) is 9.39. The van der Waals surface area contributed by atoms with Crippen LogP contribution in [0.1, 0.15) is 40.5 Å². The zero-order valence-electron chi connectivity index (χ0n) is 26.2. The molecule has 12 heteroatoms. The molecule has 0 unspecified atom stereocenters. The predicted molar refractivity (Wildman–Crippen MR) is 172 cm³/mol. The number of amides is 1. The molecule has 0 aliphatic carbocycles. The van der Waals surface area contributed by atoms with Gasteiger partial charge in [0.2, 0.25) is 12.4 Å². The van der Waals surface area contributed by atoms with Crippen molar-refractivity contribution in [3.8, 4) is 5.75 Å². The summed E-state index contributed by atoms with van der Waals surface area (Å²) in [7, 11) is 5.95. The molecule has 1 saturated heterocycles. The molecule has 1 N–H and O–H groups in total.